The van der Waals surface area contributed by atoms with Crippen molar-refractivity contribution in [2.75, 3.05) is 11.9 Å². The van der Waals surface area contributed by atoms with E-state index >= 15 is 0 Å². The van der Waals surface area contributed by atoms with Crippen LogP contribution in [-0.2, 0) is 0 Å². The summed E-state index contributed by atoms with van der Waals surface area (Å²) in [4.78, 5) is 7.81. The lowest BCUT2D eigenvalue weighted by molar-refractivity contribution is 0.811. The Labute approximate surface area is 294 Å². The molecule has 4 heteroatoms. The quantitative estimate of drug-likeness (QED) is 0.182. The van der Waals surface area contributed by atoms with Gasteiger partial charge in [-0.1, -0.05) is 121 Å². The van der Waals surface area contributed by atoms with Crippen molar-refractivity contribution in [2.45, 2.75) is 6.04 Å². The largest absolute Gasteiger partial charge is 0.359 e. The Hall–Kier alpha value is -6.65. The molecule has 0 amide bonds. The van der Waals surface area contributed by atoms with Crippen LogP contribution in [0.2, 0.25) is 0 Å². The van der Waals surface area contributed by atoms with Gasteiger partial charge < -0.3 is 9.47 Å². The second-order valence-electron chi connectivity index (χ2n) is 13.6. The Kier molecular flexibility index (Phi) is 5.90. The highest BCUT2D eigenvalue weighted by molar-refractivity contribution is 6.28. The fraction of sp³-hybridized carbons (Fsp3) is 0.0426. The SMILES string of the molecule is CN1c2ccccc2N=C(n2c3ccccc3c3cc(-n4c5ccc6ccccc6c5c5c6ccccc6ccc54)ccc32)C1c1ccccc1. The van der Waals surface area contributed by atoms with Crippen molar-refractivity contribution in [1.82, 2.24) is 9.13 Å². The molecular weight excluding hydrogens is 621 g/mol. The normalized spacial score (nSPS) is 14.6. The van der Waals surface area contributed by atoms with E-state index in [2.05, 4.69) is 191 Å². The Bertz CT molecular complexity index is 2960. The number of hydrogen-bond donors (Lipinski definition) is 0. The first-order valence-electron chi connectivity index (χ1n) is 17.6. The number of nitrogens with zero attached hydrogens (tertiary/aromatic N) is 4. The molecular formula is C47H32N4. The van der Waals surface area contributed by atoms with Crippen molar-refractivity contribution in [3.05, 3.63) is 175 Å². The van der Waals surface area contributed by atoms with E-state index in [4.69, 9.17) is 4.99 Å². The number of rotatable bonds is 2. The molecule has 0 N–H and O–H groups in total. The highest BCUT2D eigenvalue weighted by atomic mass is 15.2. The van der Waals surface area contributed by atoms with Gasteiger partial charge in [0, 0.05) is 34.3 Å². The van der Waals surface area contributed by atoms with E-state index in [1.807, 2.05) is 0 Å². The first-order chi connectivity index (χ1) is 25.2. The Morgan fingerprint density at radius 1 is 0.451 bits per heavy atom. The lowest BCUT2D eigenvalue weighted by Gasteiger charge is -2.36. The van der Waals surface area contributed by atoms with Gasteiger partial charge in [-0.3, -0.25) is 4.57 Å². The van der Waals surface area contributed by atoms with E-state index in [9.17, 15) is 0 Å². The number of hydrogen-bond acceptors (Lipinski definition) is 2. The van der Waals surface area contributed by atoms with Gasteiger partial charge in [-0.05, 0) is 75.6 Å². The van der Waals surface area contributed by atoms with Crippen LogP contribution in [0.25, 0.3) is 70.8 Å². The van der Waals surface area contributed by atoms with Crippen LogP contribution in [0.1, 0.15) is 11.6 Å². The highest BCUT2D eigenvalue weighted by Crippen LogP contribution is 2.44. The zero-order valence-corrected chi connectivity index (χ0v) is 28.0. The zero-order valence-electron chi connectivity index (χ0n) is 28.0. The molecule has 1 atom stereocenters. The molecule has 1 aliphatic rings. The van der Waals surface area contributed by atoms with Gasteiger partial charge in [0.1, 0.15) is 11.9 Å². The maximum atomic E-state index is 5.44. The molecule has 0 radical (unpaired) electrons. The number of benzene rings is 8. The van der Waals surface area contributed by atoms with Gasteiger partial charge in [-0.15, -0.1) is 0 Å². The van der Waals surface area contributed by atoms with Crippen molar-refractivity contribution in [1.29, 1.82) is 0 Å². The Morgan fingerprint density at radius 3 is 1.75 bits per heavy atom. The molecule has 0 bridgehead atoms. The number of aliphatic imine (C=N–C) groups is 1. The molecule has 1 unspecified atom stereocenters. The maximum Gasteiger partial charge on any atom is 0.141 e. The second kappa shape index (κ2) is 10.7. The molecule has 1 aliphatic heterocycles. The van der Waals surface area contributed by atoms with Crippen molar-refractivity contribution in [3.63, 3.8) is 0 Å². The molecule has 0 fully saturated rings. The fourth-order valence-corrected chi connectivity index (χ4v) is 8.71. The summed E-state index contributed by atoms with van der Waals surface area (Å²) in [6.07, 6.45) is 0. The predicted octanol–water partition coefficient (Wildman–Crippen LogP) is 12.0. The molecule has 0 spiro atoms. The smallest absolute Gasteiger partial charge is 0.141 e. The standard InChI is InChI=1S/C47H32N4/c1-49-41-22-12-10-20-38(41)48-47(46(49)32-15-3-2-4-16-32)51-39-21-11-9-19-36(39)37-29-33(25-28-40(37)51)50-42-26-23-30-13-5-7-17-34(30)44(42)45-35-18-8-6-14-31(35)24-27-43(45)50/h2-29,46H,1H3. The summed E-state index contributed by atoms with van der Waals surface area (Å²) in [6.45, 7) is 0. The Balaban J connectivity index is 1.22. The van der Waals surface area contributed by atoms with Gasteiger partial charge in [0.05, 0.1) is 33.4 Å². The summed E-state index contributed by atoms with van der Waals surface area (Å²) in [5.74, 6) is 0.996. The highest BCUT2D eigenvalue weighted by Gasteiger charge is 2.32. The molecule has 0 saturated heterocycles. The summed E-state index contributed by atoms with van der Waals surface area (Å²) in [5.41, 5.74) is 9.17. The third kappa shape index (κ3) is 3.99. The van der Waals surface area contributed by atoms with E-state index in [-0.39, 0.29) is 6.04 Å². The topological polar surface area (TPSA) is 25.5 Å². The van der Waals surface area contributed by atoms with Crippen molar-refractivity contribution in [2.24, 2.45) is 4.99 Å². The first-order valence-corrected chi connectivity index (χ1v) is 17.6. The number of likely N-dealkylation sites (N-methyl/N-ethyl adjacent to an activating group) is 1. The minimum atomic E-state index is -0.0707. The summed E-state index contributed by atoms with van der Waals surface area (Å²) in [6, 6.07) is 61.6. The second-order valence-corrected chi connectivity index (χ2v) is 13.6. The summed E-state index contributed by atoms with van der Waals surface area (Å²) in [7, 11) is 2.19. The van der Waals surface area contributed by atoms with E-state index in [0.29, 0.717) is 0 Å². The third-order valence-corrected chi connectivity index (χ3v) is 10.9. The van der Waals surface area contributed by atoms with Gasteiger partial charge >= 0.3 is 0 Å². The van der Waals surface area contributed by atoms with Crippen LogP contribution in [0.4, 0.5) is 11.4 Å². The summed E-state index contributed by atoms with van der Waals surface area (Å²) < 4.78 is 4.86. The monoisotopic (exact) mass is 652 g/mol. The maximum absolute atomic E-state index is 5.44. The van der Waals surface area contributed by atoms with E-state index in [0.717, 1.165) is 33.9 Å². The van der Waals surface area contributed by atoms with Crippen LogP contribution in [0.15, 0.2) is 175 Å². The average molecular weight is 653 g/mol. The molecule has 3 heterocycles. The summed E-state index contributed by atoms with van der Waals surface area (Å²) >= 11 is 0. The number of fused-ring (bicyclic) bond motifs is 11. The lowest BCUT2D eigenvalue weighted by atomic mass is 10.00. The first kappa shape index (κ1) is 28.2. The Morgan fingerprint density at radius 2 is 1.02 bits per heavy atom. The van der Waals surface area contributed by atoms with Crippen LogP contribution in [-0.4, -0.2) is 22.0 Å². The van der Waals surface area contributed by atoms with Crippen molar-refractivity contribution >= 4 is 82.4 Å². The van der Waals surface area contributed by atoms with Crippen LogP contribution >= 0.6 is 0 Å². The van der Waals surface area contributed by atoms with Gasteiger partial charge in [-0.2, -0.15) is 0 Å². The third-order valence-electron chi connectivity index (χ3n) is 10.9. The van der Waals surface area contributed by atoms with E-state index < -0.39 is 0 Å². The fourth-order valence-electron chi connectivity index (χ4n) is 8.71. The summed E-state index contributed by atoms with van der Waals surface area (Å²) in [5, 5.41) is 10.1. The average Bonchev–Trinajstić information content (AvgIpc) is 3.71. The molecule has 0 aliphatic carbocycles. The molecule has 51 heavy (non-hydrogen) atoms. The van der Waals surface area contributed by atoms with Gasteiger partial charge in [0.15, 0.2) is 0 Å². The van der Waals surface area contributed by atoms with Gasteiger partial charge in [-0.25, -0.2) is 4.99 Å². The number of aromatic nitrogens is 2. The van der Waals surface area contributed by atoms with Crippen molar-refractivity contribution in [3.8, 4) is 5.69 Å². The minimum Gasteiger partial charge on any atom is -0.359 e. The minimum absolute atomic E-state index is 0.0707. The molecule has 10 aromatic rings. The predicted molar refractivity (Wildman–Crippen MR) is 215 cm³/mol. The van der Waals surface area contributed by atoms with Crippen LogP contribution < -0.4 is 4.90 Å². The zero-order chi connectivity index (χ0) is 33.6. The van der Waals surface area contributed by atoms with Crippen LogP contribution in [0.5, 0.6) is 0 Å². The number of para-hydroxylation sites is 3. The van der Waals surface area contributed by atoms with Crippen LogP contribution in [0.3, 0.4) is 0 Å². The lowest BCUT2D eigenvalue weighted by Crippen LogP contribution is -2.36. The van der Waals surface area contributed by atoms with E-state index in [1.165, 1.54) is 59.7 Å². The molecule has 11 rings (SSSR count). The molecule has 240 valence electrons. The van der Waals surface area contributed by atoms with Gasteiger partial charge in [0.25, 0.3) is 0 Å². The van der Waals surface area contributed by atoms with Crippen molar-refractivity contribution < 1.29 is 0 Å². The van der Waals surface area contributed by atoms with Crippen LogP contribution in [0, 0.1) is 0 Å². The molecule has 8 aromatic carbocycles. The van der Waals surface area contributed by atoms with E-state index in [1.54, 1.807) is 0 Å². The number of anilines is 1. The van der Waals surface area contributed by atoms with Gasteiger partial charge in [0.2, 0.25) is 0 Å². The molecule has 2 aromatic heterocycles. The molecule has 0 saturated carbocycles. The molecule has 4 nitrogen and oxygen atoms in total.